The lowest BCUT2D eigenvalue weighted by Gasteiger charge is -2.17. The van der Waals surface area contributed by atoms with Gasteiger partial charge in [-0.15, -0.1) is 0 Å². The number of anilines is 1. The normalized spacial score (nSPS) is 13.6. The minimum Gasteiger partial charge on any atom is -0.462 e. The van der Waals surface area contributed by atoms with Crippen LogP contribution in [0.2, 0.25) is 0 Å². The molecule has 5 nitrogen and oxygen atoms in total. The largest absolute Gasteiger partial charge is 0.462 e. The first-order chi connectivity index (χ1) is 10.9. The molecule has 1 aliphatic rings. The number of hydrogen-bond acceptors (Lipinski definition) is 4. The number of benzene rings is 1. The highest BCUT2D eigenvalue weighted by molar-refractivity contribution is 5.91. The van der Waals surface area contributed by atoms with Crippen molar-refractivity contribution >= 4 is 11.7 Å². The molecule has 0 atom stereocenters. The van der Waals surface area contributed by atoms with E-state index in [-0.39, 0.29) is 12.2 Å². The maximum Gasteiger partial charge on any atom is 0.341 e. The Morgan fingerprint density at radius 1 is 1.48 bits per heavy atom. The Morgan fingerprint density at radius 3 is 2.96 bits per heavy atom. The van der Waals surface area contributed by atoms with E-state index in [0.717, 1.165) is 42.0 Å². The molecular formula is C16H17F2N3O2. The van der Waals surface area contributed by atoms with Crippen molar-refractivity contribution in [2.75, 3.05) is 18.5 Å². The molecule has 23 heavy (non-hydrogen) atoms. The van der Waals surface area contributed by atoms with E-state index in [4.69, 9.17) is 4.74 Å². The van der Waals surface area contributed by atoms with Crippen molar-refractivity contribution in [3.05, 3.63) is 41.2 Å². The van der Waals surface area contributed by atoms with Crippen molar-refractivity contribution in [3.8, 4) is 5.69 Å². The van der Waals surface area contributed by atoms with Gasteiger partial charge in [0.2, 0.25) is 0 Å². The fourth-order valence-electron chi connectivity index (χ4n) is 2.84. The molecule has 0 saturated carbocycles. The zero-order valence-corrected chi connectivity index (χ0v) is 12.9. The van der Waals surface area contributed by atoms with E-state index in [1.807, 2.05) is 6.07 Å². The summed E-state index contributed by atoms with van der Waals surface area (Å²) in [5.74, 6) is -4.02. The quantitative estimate of drug-likeness (QED) is 0.879. The summed E-state index contributed by atoms with van der Waals surface area (Å²) in [6, 6.07) is 5.39. The number of aromatic nitrogens is 2. The van der Waals surface area contributed by atoms with Crippen molar-refractivity contribution in [1.29, 1.82) is 0 Å². The number of nitrogens with one attached hydrogen (secondary N) is 1. The second-order valence-electron chi connectivity index (χ2n) is 5.41. The lowest BCUT2D eigenvalue weighted by Crippen LogP contribution is -2.20. The molecule has 0 amide bonds. The van der Waals surface area contributed by atoms with E-state index in [1.165, 1.54) is 0 Å². The van der Waals surface area contributed by atoms with Gasteiger partial charge in [0.1, 0.15) is 11.3 Å². The zero-order valence-electron chi connectivity index (χ0n) is 12.9. The van der Waals surface area contributed by atoms with Gasteiger partial charge in [-0.3, -0.25) is 0 Å². The van der Waals surface area contributed by atoms with E-state index >= 15 is 0 Å². The van der Waals surface area contributed by atoms with Crippen LogP contribution >= 0.6 is 0 Å². The topological polar surface area (TPSA) is 56.1 Å². The molecule has 0 spiro atoms. The summed E-state index contributed by atoms with van der Waals surface area (Å²) in [6.07, 6.45) is 1.86. The number of rotatable bonds is 4. The molecule has 7 heteroatoms. The molecule has 1 aromatic carbocycles. The van der Waals surface area contributed by atoms with E-state index < -0.39 is 17.6 Å². The predicted octanol–water partition coefficient (Wildman–Crippen LogP) is 3.13. The molecule has 2 heterocycles. The average molecular weight is 321 g/mol. The van der Waals surface area contributed by atoms with Crippen molar-refractivity contribution in [2.24, 2.45) is 0 Å². The zero-order chi connectivity index (χ0) is 16.6. The fourth-order valence-corrected chi connectivity index (χ4v) is 2.84. The number of nitrogens with zero attached hydrogens (tertiary/aromatic N) is 2. The van der Waals surface area contributed by atoms with Gasteiger partial charge in [0.05, 0.1) is 18.5 Å². The smallest absolute Gasteiger partial charge is 0.341 e. The van der Waals surface area contributed by atoms with Crippen LogP contribution in [-0.4, -0.2) is 28.9 Å². The van der Waals surface area contributed by atoms with E-state index in [2.05, 4.69) is 10.4 Å². The molecule has 122 valence electrons. The Balaban J connectivity index is 2.18. The van der Waals surface area contributed by atoms with Gasteiger partial charge in [-0.1, -0.05) is 6.07 Å². The minimum atomic E-state index is -3.23. The summed E-state index contributed by atoms with van der Waals surface area (Å²) in [6.45, 7) is 3.24. The first kappa shape index (κ1) is 15.5. The Kier molecular flexibility index (Phi) is 3.79. The molecule has 0 unspecified atom stereocenters. The molecule has 1 aromatic heterocycles. The lowest BCUT2D eigenvalue weighted by molar-refractivity contribution is 0.00752. The van der Waals surface area contributed by atoms with E-state index in [0.29, 0.717) is 5.69 Å². The molecule has 0 radical (unpaired) electrons. The molecule has 0 fully saturated rings. The van der Waals surface area contributed by atoms with Gasteiger partial charge in [0.15, 0.2) is 0 Å². The van der Waals surface area contributed by atoms with Crippen LogP contribution in [0.15, 0.2) is 24.4 Å². The highest BCUT2D eigenvalue weighted by Crippen LogP contribution is 2.35. The highest BCUT2D eigenvalue weighted by Gasteiger charge is 2.37. The standard InChI is InChI=1S/C16H17F2N3O2/c1-3-23-15(22)11-9-20-21(14(11)16(2,17)18)13-6-4-5-12-10(13)7-8-19-12/h4-6,9,19H,3,7-8H2,1-2H3. The summed E-state index contributed by atoms with van der Waals surface area (Å²) >= 11 is 0. The number of hydrogen-bond donors (Lipinski definition) is 1. The van der Waals surface area contributed by atoms with Crippen LogP contribution in [0.3, 0.4) is 0 Å². The molecule has 0 aliphatic carbocycles. The Bertz CT molecular complexity index is 750. The van der Waals surface area contributed by atoms with Gasteiger partial charge in [0, 0.05) is 24.7 Å². The third kappa shape index (κ3) is 2.67. The Morgan fingerprint density at radius 2 is 2.26 bits per heavy atom. The number of fused-ring (bicyclic) bond motifs is 1. The van der Waals surface area contributed by atoms with Crippen LogP contribution < -0.4 is 5.32 Å². The highest BCUT2D eigenvalue weighted by atomic mass is 19.3. The van der Waals surface area contributed by atoms with Gasteiger partial charge >= 0.3 is 5.97 Å². The van der Waals surface area contributed by atoms with Crippen molar-refractivity contribution in [2.45, 2.75) is 26.2 Å². The van der Waals surface area contributed by atoms with Crippen LogP contribution in [-0.2, 0) is 17.1 Å². The van der Waals surface area contributed by atoms with Gasteiger partial charge < -0.3 is 10.1 Å². The average Bonchev–Trinajstić information content (AvgIpc) is 3.13. The number of esters is 1. The first-order valence-corrected chi connectivity index (χ1v) is 7.43. The third-order valence-corrected chi connectivity index (χ3v) is 3.75. The van der Waals surface area contributed by atoms with Gasteiger partial charge in [-0.25, -0.2) is 9.48 Å². The fraction of sp³-hybridized carbons (Fsp3) is 0.375. The van der Waals surface area contributed by atoms with Crippen LogP contribution in [0.5, 0.6) is 0 Å². The van der Waals surface area contributed by atoms with Gasteiger partial charge in [-0.2, -0.15) is 13.9 Å². The van der Waals surface area contributed by atoms with Gasteiger partial charge in [0.25, 0.3) is 5.92 Å². The number of halogens is 2. The van der Waals surface area contributed by atoms with E-state index in [1.54, 1.807) is 19.1 Å². The molecular weight excluding hydrogens is 304 g/mol. The SMILES string of the molecule is CCOC(=O)c1cnn(-c2cccc3c2CCN3)c1C(C)(F)F. The monoisotopic (exact) mass is 321 g/mol. The number of alkyl halides is 2. The van der Waals surface area contributed by atoms with Crippen LogP contribution in [0.1, 0.15) is 35.5 Å². The van der Waals surface area contributed by atoms with Crippen LogP contribution in [0, 0.1) is 0 Å². The maximum atomic E-state index is 14.2. The molecule has 2 aromatic rings. The molecule has 1 aliphatic heterocycles. The maximum absolute atomic E-state index is 14.2. The molecule has 3 rings (SSSR count). The van der Waals surface area contributed by atoms with Gasteiger partial charge in [-0.05, 0) is 25.5 Å². The second-order valence-corrected chi connectivity index (χ2v) is 5.41. The lowest BCUT2D eigenvalue weighted by atomic mass is 10.1. The van der Waals surface area contributed by atoms with Crippen LogP contribution in [0.4, 0.5) is 14.5 Å². The summed E-state index contributed by atoms with van der Waals surface area (Å²) in [5, 5.41) is 7.24. The Hall–Kier alpha value is -2.44. The van der Waals surface area contributed by atoms with Crippen LogP contribution in [0.25, 0.3) is 5.69 Å². The Labute approximate surface area is 132 Å². The number of ether oxygens (including phenoxy) is 1. The number of carbonyl (C=O) groups excluding carboxylic acids is 1. The van der Waals surface area contributed by atoms with E-state index in [9.17, 15) is 13.6 Å². The predicted molar refractivity (Wildman–Crippen MR) is 81.3 cm³/mol. The number of carbonyl (C=O) groups is 1. The van der Waals surface area contributed by atoms with Crippen molar-refractivity contribution in [3.63, 3.8) is 0 Å². The molecule has 1 N–H and O–H groups in total. The first-order valence-electron chi connectivity index (χ1n) is 7.43. The molecule has 0 bridgehead atoms. The second kappa shape index (κ2) is 5.64. The summed E-state index contributed by atoms with van der Waals surface area (Å²) in [7, 11) is 0. The minimum absolute atomic E-state index is 0.114. The van der Waals surface area contributed by atoms with Crippen molar-refractivity contribution < 1.29 is 18.3 Å². The third-order valence-electron chi connectivity index (χ3n) is 3.75. The molecule has 0 saturated heterocycles. The summed E-state index contributed by atoms with van der Waals surface area (Å²) < 4.78 is 34.3. The summed E-state index contributed by atoms with van der Waals surface area (Å²) in [5.41, 5.74) is 1.72. The summed E-state index contributed by atoms with van der Waals surface area (Å²) in [4.78, 5) is 12.0. The van der Waals surface area contributed by atoms with Crippen molar-refractivity contribution in [1.82, 2.24) is 9.78 Å².